The van der Waals surface area contributed by atoms with Crippen molar-refractivity contribution in [2.45, 2.75) is 11.7 Å². The number of halogens is 2. The van der Waals surface area contributed by atoms with Crippen LogP contribution in [0.2, 0.25) is 0 Å². The summed E-state index contributed by atoms with van der Waals surface area (Å²) in [6, 6.07) is 7.47. The number of hydrogen-bond donors (Lipinski definition) is 4. The number of aliphatic carboxylic acids is 1. The zero-order chi connectivity index (χ0) is 24.5. The number of carbonyl (C=O) groups is 3. The van der Waals surface area contributed by atoms with E-state index in [1.54, 1.807) is 0 Å². The molecule has 4 N–H and O–H groups in total. The van der Waals surface area contributed by atoms with Gasteiger partial charge in [0.15, 0.2) is 0 Å². The summed E-state index contributed by atoms with van der Waals surface area (Å²) in [5, 5.41) is 31.2. The van der Waals surface area contributed by atoms with Gasteiger partial charge >= 0.3 is 11.9 Å². The number of aromatic nitrogens is 3. The van der Waals surface area contributed by atoms with E-state index in [0.29, 0.717) is 16.8 Å². The molecule has 0 radical (unpaired) electrons. The number of aromatic amines is 1. The van der Waals surface area contributed by atoms with Gasteiger partial charge in [-0.3, -0.25) is 4.79 Å². The van der Waals surface area contributed by atoms with E-state index in [2.05, 4.69) is 20.7 Å². The number of benzene rings is 2. The van der Waals surface area contributed by atoms with Gasteiger partial charge in [-0.25, -0.2) is 18.4 Å². The minimum Gasteiger partial charge on any atom is -0.479 e. The fourth-order valence-electron chi connectivity index (χ4n) is 3.52. The summed E-state index contributed by atoms with van der Waals surface area (Å²) >= 11 is 0. The molecule has 0 bridgehead atoms. The van der Waals surface area contributed by atoms with Crippen molar-refractivity contribution in [1.82, 2.24) is 20.7 Å². The van der Waals surface area contributed by atoms with Crippen LogP contribution in [0.3, 0.4) is 0 Å². The number of carbonyl (C=O) groups excluding carboxylic acids is 1. The van der Waals surface area contributed by atoms with Crippen LogP contribution in [0.25, 0.3) is 16.8 Å². The zero-order valence-corrected chi connectivity index (χ0v) is 17.2. The fourth-order valence-corrected chi connectivity index (χ4v) is 3.52. The molecule has 1 amide bonds. The molecule has 11 heteroatoms. The third-order valence-corrected chi connectivity index (χ3v) is 5.28. The van der Waals surface area contributed by atoms with Crippen molar-refractivity contribution < 1.29 is 33.4 Å². The van der Waals surface area contributed by atoms with E-state index in [9.17, 15) is 29.0 Å². The molecule has 2 aromatic carbocycles. The number of carboxylic acid groups (broad SMARTS) is 2. The highest BCUT2D eigenvalue weighted by atomic mass is 19.1. The number of H-pyrrole nitrogens is 1. The molecule has 2 unspecified atom stereocenters. The quantitative estimate of drug-likeness (QED) is 0.437. The second-order valence-corrected chi connectivity index (χ2v) is 7.41. The van der Waals surface area contributed by atoms with Crippen LogP contribution in [0, 0.1) is 5.82 Å². The van der Waals surface area contributed by atoms with E-state index in [1.807, 2.05) is 0 Å². The Hall–Kier alpha value is -4.67. The number of amides is 1. The average molecular weight is 466 g/mol. The zero-order valence-electron chi connectivity index (χ0n) is 17.2. The van der Waals surface area contributed by atoms with Crippen molar-refractivity contribution in [2.75, 3.05) is 0 Å². The molecule has 34 heavy (non-hydrogen) atoms. The lowest BCUT2D eigenvalue weighted by molar-refractivity contribution is -0.148. The van der Waals surface area contributed by atoms with Gasteiger partial charge in [0, 0.05) is 5.56 Å². The smallest absolute Gasteiger partial charge is 0.348 e. The Bertz CT molecular complexity index is 1350. The summed E-state index contributed by atoms with van der Waals surface area (Å²) < 4.78 is 29.0. The van der Waals surface area contributed by atoms with Gasteiger partial charge in [-0.05, 0) is 41.5 Å². The number of nitrogens with one attached hydrogen (secondary N) is 2. The Kier molecular flexibility index (Phi) is 5.76. The number of aromatic carboxylic acids is 1. The van der Waals surface area contributed by atoms with E-state index in [4.69, 9.17) is 0 Å². The maximum absolute atomic E-state index is 15.4. The summed E-state index contributed by atoms with van der Waals surface area (Å²) in [6.07, 6.45) is 4.44. The molecule has 1 aliphatic rings. The van der Waals surface area contributed by atoms with Crippen molar-refractivity contribution in [2.24, 2.45) is 0 Å². The predicted molar refractivity (Wildman–Crippen MR) is 115 cm³/mol. The molecule has 172 valence electrons. The summed E-state index contributed by atoms with van der Waals surface area (Å²) in [5.74, 6) is -4.85. The van der Waals surface area contributed by atoms with Crippen LogP contribution >= 0.6 is 0 Å². The number of rotatable bonds is 6. The third kappa shape index (κ3) is 4.18. The molecule has 1 aliphatic carbocycles. The molecule has 4 rings (SSSR count). The number of nitrogens with zero attached hydrogens (tertiary/aromatic N) is 2. The number of allylic oxidation sites excluding steroid dienone is 2. The Morgan fingerprint density at radius 1 is 1.06 bits per heavy atom. The number of carboxylic acids is 2. The molecule has 0 fully saturated rings. The molecular weight excluding hydrogens is 450 g/mol. The first-order chi connectivity index (χ1) is 16.2. The van der Waals surface area contributed by atoms with Gasteiger partial charge in [-0.1, -0.05) is 30.4 Å². The van der Waals surface area contributed by atoms with Crippen molar-refractivity contribution in [3.8, 4) is 11.3 Å². The maximum atomic E-state index is 15.4. The molecule has 0 aliphatic heterocycles. The largest absolute Gasteiger partial charge is 0.479 e. The topological polar surface area (TPSA) is 145 Å². The Morgan fingerprint density at radius 2 is 1.85 bits per heavy atom. The molecule has 0 saturated carbocycles. The first kappa shape index (κ1) is 22.5. The van der Waals surface area contributed by atoms with Crippen LogP contribution in [0.4, 0.5) is 8.78 Å². The van der Waals surface area contributed by atoms with Crippen LogP contribution < -0.4 is 5.32 Å². The lowest BCUT2D eigenvalue weighted by atomic mass is 9.86. The molecule has 2 atom stereocenters. The lowest BCUT2D eigenvalue weighted by Crippen LogP contribution is -2.53. The van der Waals surface area contributed by atoms with Crippen LogP contribution in [0.15, 0.2) is 66.9 Å². The van der Waals surface area contributed by atoms with E-state index < -0.39 is 40.9 Å². The first-order valence-electron chi connectivity index (χ1n) is 9.82. The molecule has 3 aromatic rings. The van der Waals surface area contributed by atoms with E-state index in [1.165, 1.54) is 54.7 Å². The average Bonchev–Trinajstić information content (AvgIpc) is 3.35. The minimum absolute atomic E-state index is 0.277. The third-order valence-electron chi connectivity index (χ3n) is 5.28. The van der Waals surface area contributed by atoms with Crippen molar-refractivity contribution in [3.63, 3.8) is 0 Å². The van der Waals surface area contributed by atoms with Gasteiger partial charge in [0.25, 0.3) is 5.91 Å². The highest BCUT2D eigenvalue weighted by Gasteiger charge is 2.46. The van der Waals surface area contributed by atoms with Gasteiger partial charge < -0.3 is 15.5 Å². The number of alkyl halides is 1. The molecular formula is C23H16F2N4O5. The van der Waals surface area contributed by atoms with E-state index in [-0.39, 0.29) is 11.1 Å². The van der Waals surface area contributed by atoms with Crippen molar-refractivity contribution in [1.29, 1.82) is 0 Å². The second kappa shape index (κ2) is 8.70. The monoisotopic (exact) mass is 466 g/mol. The Morgan fingerprint density at radius 3 is 2.50 bits per heavy atom. The normalized spacial score (nSPS) is 19.4. The molecule has 1 heterocycles. The Balaban J connectivity index is 1.70. The molecule has 1 aromatic heterocycles. The van der Waals surface area contributed by atoms with Crippen LogP contribution in [0.5, 0.6) is 0 Å². The second-order valence-electron chi connectivity index (χ2n) is 7.41. The lowest BCUT2D eigenvalue weighted by Gasteiger charge is -2.30. The molecule has 9 nitrogen and oxygen atoms in total. The van der Waals surface area contributed by atoms with Crippen LogP contribution in [-0.2, 0) is 4.79 Å². The van der Waals surface area contributed by atoms with Gasteiger partial charge in [-0.2, -0.15) is 15.4 Å². The fraction of sp³-hybridized carbons (Fsp3) is 0.0870. The van der Waals surface area contributed by atoms with Crippen LogP contribution in [-0.4, -0.2) is 55.2 Å². The summed E-state index contributed by atoms with van der Waals surface area (Å²) in [7, 11) is 0. The van der Waals surface area contributed by atoms with E-state index in [0.717, 1.165) is 12.2 Å². The van der Waals surface area contributed by atoms with Crippen molar-refractivity contribution in [3.05, 3.63) is 89.4 Å². The summed E-state index contributed by atoms with van der Waals surface area (Å²) in [5.41, 5.74) is -2.42. The van der Waals surface area contributed by atoms with Gasteiger partial charge in [0.05, 0.1) is 23.4 Å². The standard InChI is InChI=1S/C23H16F2N4O5/c24-15-3-1-2-12(8-15)13-6-7-23(25,22(33)34)19(10-13)27-20(30)16-5-4-14(9-17(16)21(31)32)18-11-26-29-28-18/h1-11,19H,(H,27,30)(H,31,32)(H,33,34)(H,26,28,29). The SMILES string of the molecule is O=C(O)c1cc(-c2cn[nH]n2)ccc1C(=O)NC1C=C(c2cccc(F)c2)C=CC1(F)C(=O)O. The minimum atomic E-state index is -3.02. The highest BCUT2D eigenvalue weighted by molar-refractivity contribution is 6.06. The van der Waals surface area contributed by atoms with Gasteiger partial charge in [0.1, 0.15) is 11.5 Å². The van der Waals surface area contributed by atoms with Gasteiger partial charge in [0.2, 0.25) is 5.67 Å². The maximum Gasteiger partial charge on any atom is 0.348 e. The highest BCUT2D eigenvalue weighted by Crippen LogP contribution is 2.31. The van der Waals surface area contributed by atoms with E-state index >= 15 is 4.39 Å². The van der Waals surface area contributed by atoms with Crippen molar-refractivity contribution >= 4 is 23.4 Å². The summed E-state index contributed by atoms with van der Waals surface area (Å²) in [4.78, 5) is 36.4. The first-order valence-corrected chi connectivity index (χ1v) is 9.82. The molecule has 0 spiro atoms. The molecule has 0 saturated heterocycles. The van der Waals surface area contributed by atoms with Crippen LogP contribution in [0.1, 0.15) is 26.3 Å². The number of hydrogen-bond acceptors (Lipinski definition) is 5. The van der Waals surface area contributed by atoms with Gasteiger partial charge in [-0.15, -0.1) is 0 Å². The Labute approximate surface area is 190 Å². The predicted octanol–water partition coefficient (Wildman–Crippen LogP) is 2.85. The summed E-state index contributed by atoms with van der Waals surface area (Å²) in [6.45, 7) is 0.